The monoisotopic (exact) mass is 365 g/mol. The minimum atomic E-state index is -3.19. The Morgan fingerprint density at radius 3 is 2.45 bits per heavy atom. The highest BCUT2D eigenvalue weighted by Crippen LogP contribution is 2.24. The van der Waals surface area contributed by atoms with Gasteiger partial charge in [-0.3, -0.25) is 4.79 Å². The van der Waals surface area contributed by atoms with Crippen molar-refractivity contribution in [1.82, 2.24) is 4.31 Å². The molecule has 0 bridgehead atoms. The van der Waals surface area contributed by atoms with Gasteiger partial charge in [0, 0.05) is 13.1 Å². The summed E-state index contributed by atoms with van der Waals surface area (Å²) < 4.78 is 29.5. The maximum Gasteiger partial charge on any atom is 0.309 e. The van der Waals surface area contributed by atoms with Crippen molar-refractivity contribution < 1.29 is 17.9 Å². The molecule has 0 unspecified atom stereocenters. The lowest BCUT2D eigenvalue weighted by Gasteiger charge is -2.28. The summed E-state index contributed by atoms with van der Waals surface area (Å²) in [4.78, 5) is 12.0. The van der Waals surface area contributed by atoms with E-state index in [9.17, 15) is 13.2 Å². The molecular formula is C14H17Cl2NO4S. The van der Waals surface area contributed by atoms with Crippen molar-refractivity contribution in [2.24, 2.45) is 5.92 Å². The number of sulfonamides is 1. The number of rotatable bonds is 4. The maximum atomic E-state index is 12.0. The van der Waals surface area contributed by atoms with Crippen molar-refractivity contribution in [2.75, 3.05) is 19.3 Å². The van der Waals surface area contributed by atoms with Gasteiger partial charge in [0.25, 0.3) is 0 Å². The Balaban J connectivity index is 1.85. The molecule has 0 aromatic heterocycles. The molecule has 0 saturated carbocycles. The van der Waals surface area contributed by atoms with Gasteiger partial charge < -0.3 is 4.74 Å². The van der Waals surface area contributed by atoms with Crippen LogP contribution < -0.4 is 0 Å². The first-order valence-corrected chi connectivity index (χ1v) is 9.43. The van der Waals surface area contributed by atoms with E-state index in [0.29, 0.717) is 36.0 Å². The van der Waals surface area contributed by atoms with Crippen molar-refractivity contribution in [1.29, 1.82) is 0 Å². The minimum Gasteiger partial charge on any atom is -0.461 e. The van der Waals surface area contributed by atoms with Crippen molar-refractivity contribution in [3.05, 3.63) is 33.8 Å². The Hall–Kier alpha value is -0.820. The van der Waals surface area contributed by atoms with Crippen LogP contribution in [0, 0.1) is 5.92 Å². The standard InChI is InChI=1S/C14H17Cl2NO4S/c1-22(19,20)17-6-4-11(5-7-17)14(18)21-9-10-2-3-12(15)13(16)8-10/h2-3,8,11H,4-7,9H2,1H3. The summed E-state index contributed by atoms with van der Waals surface area (Å²) in [6, 6.07) is 5.05. The van der Waals surface area contributed by atoms with Gasteiger partial charge in [-0.05, 0) is 30.5 Å². The second-order valence-corrected chi connectivity index (χ2v) is 8.09. The third-order valence-corrected chi connectivity index (χ3v) is 5.66. The quantitative estimate of drug-likeness (QED) is 0.769. The number of halogens is 2. The van der Waals surface area contributed by atoms with E-state index in [0.717, 1.165) is 5.56 Å². The van der Waals surface area contributed by atoms with Crippen molar-refractivity contribution in [3.63, 3.8) is 0 Å². The summed E-state index contributed by atoms with van der Waals surface area (Å²) in [6.45, 7) is 0.832. The van der Waals surface area contributed by atoms with Crippen LogP contribution in [0.4, 0.5) is 0 Å². The zero-order valence-electron chi connectivity index (χ0n) is 12.1. The van der Waals surface area contributed by atoms with Crippen LogP contribution in [0.5, 0.6) is 0 Å². The lowest BCUT2D eigenvalue weighted by Crippen LogP contribution is -2.40. The Morgan fingerprint density at radius 2 is 1.91 bits per heavy atom. The van der Waals surface area contributed by atoms with Crippen LogP contribution in [0.25, 0.3) is 0 Å². The van der Waals surface area contributed by atoms with Crippen molar-refractivity contribution >= 4 is 39.2 Å². The summed E-state index contributed by atoms with van der Waals surface area (Å²) in [7, 11) is -3.19. The van der Waals surface area contributed by atoms with Gasteiger partial charge in [-0.15, -0.1) is 0 Å². The fraction of sp³-hybridized carbons (Fsp3) is 0.500. The predicted molar refractivity (Wildman–Crippen MR) is 85.4 cm³/mol. The Morgan fingerprint density at radius 1 is 1.27 bits per heavy atom. The van der Waals surface area contributed by atoms with Crippen LogP contribution in [0.3, 0.4) is 0 Å². The van der Waals surface area contributed by atoms with E-state index in [2.05, 4.69) is 0 Å². The first-order valence-electron chi connectivity index (χ1n) is 6.83. The second kappa shape index (κ2) is 7.17. The summed E-state index contributed by atoms with van der Waals surface area (Å²) in [5, 5.41) is 0.863. The molecule has 1 aliphatic heterocycles. The van der Waals surface area contributed by atoms with E-state index in [-0.39, 0.29) is 18.5 Å². The third kappa shape index (κ3) is 4.59. The number of esters is 1. The Bertz CT molecular complexity index is 655. The molecule has 122 valence electrons. The summed E-state index contributed by atoms with van der Waals surface area (Å²) in [6.07, 6.45) is 2.14. The summed E-state index contributed by atoms with van der Waals surface area (Å²) in [5.74, 6) is -0.569. The van der Waals surface area contributed by atoms with E-state index in [1.807, 2.05) is 0 Å². The van der Waals surface area contributed by atoms with Gasteiger partial charge in [-0.2, -0.15) is 0 Å². The lowest BCUT2D eigenvalue weighted by molar-refractivity contribution is -0.151. The van der Waals surface area contributed by atoms with Gasteiger partial charge >= 0.3 is 5.97 Å². The molecule has 1 heterocycles. The molecule has 0 spiro atoms. The molecule has 8 heteroatoms. The van der Waals surface area contributed by atoms with Crippen molar-refractivity contribution in [3.8, 4) is 0 Å². The molecule has 0 radical (unpaired) electrons. The van der Waals surface area contributed by atoms with Gasteiger partial charge in [0.15, 0.2) is 0 Å². The number of carbonyl (C=O) groups is 1. The zero-order chi connectivity index (χ0) is 16.3. The van der Waals surface area contributed by atoms with Crippen LogP contribution in [0.1, 0.15) is 18.4 Å². The normalized spacial score (nSPS) is 17.4. The number of hydrogen-bond acceptors (Lipinski definition) is 4. The third-order valence-electron chi connectivity index (χ3n) is 3.62. The van der Waals surface area contributed by atoms with E-state index < -0.39 is 10.0 Å². The maximum absolute atomic E-state index is 12.0. The van der Waals surface area contributed by atoms with Gasteiger partial charge in [-0.25, -0.2) is 12.7 Å². The smallest absolute Gasteiger partial charge is 0.309 e. The molecule has 1 aliphatic rings. The van der Waals surface area contributed by atoms with E-state index in [1.54, 1.807) is 18.2 Å². The van der Waals surface area contributed by atoms with Gasteiger partial charge in [-0.1, -0.05) is 29.3 Å². The number of hydrogen-bond donors (Lipinski definition) is 0. The molecule has 0 aliphatic carbocycles. The highest BCUT2D eigenvalue weighted by atomic mass is 35.5. The van der Waals surface area contributed by atoms with Gasteiger partial charge in [0.2, 0.25) is 10.0 Å². The van der Waals surface area contributed by atoms with Crippen LogP contribution >= 0.6 is 23.2 Å². The molecule has 5 nitrogen and oxygen atoms in total. The molecule has 2 rings (SSSR count). The number of carbonyl (C=O) groups excluding carboxylic acids is 1. The highest BCUT2D eigenvalue weighted by Gasteiger charge is 2.29. The fourth-order valence-corrected chi connectivity index (χ4v) is 3.52. The lowest BCUT2D eigenvalue weighted by atomic mass is 9.98. The topological polar surface area (TPSA) is 63.7 Å². The van der Waals surface area contributed by atoms with Gasteiger partial charge in [0.05, 0.1) is 22.2 Å². The van der Waals surface area contributed by atoms with Crippen LogP contribution in [0.15, 0.2) is 18.2 Å². The average molecular weight is 366 g/mol. The molecule has 1 aromatic carbocycles. The first-order chi connectivity index (χ1) is 10.3. The van der Waals surface area contributed by atoms with Crippen molar-refractivity contribution in [2.45, 2.75) is 19.4 Å². The van der Waals surface area contributed by atoms with Crippen LogP contribution in [-0.4, -0.2) is 38.0 Å². The fourth-order valence-electron chi connectivity index (χ4n) is 2.32. The summed E-state index contributed by atoms with van der Waals surface area (Å²) >= 11 is 11.7. The molecule has 22 heavy (non-hydrogen) atoms. The van der Waals surface area contributed by atoms with E-state index in [1.165, 1.54) is 10.6 Å². The number of benzene rings is 1. The first kappa shape index (κ1) is 17.5. The minimum absolute atomic E-state index is 0.127. The number of ether oxygens (including phenoxy) is 1. The second-order valence-electron chi connectivity index (χ2n) is 5.29. The van der Waals surface area contributed by atoms with Gasteiger partial charge in [0.1, 0.15) is 6.61 Å². The molecule has 1 aromatic rings. The van der Waals surface area contributed by atoms with Crippen LogP contribution in [0.2, 0.25) is 10.0 Å². The molecule has 0 N–H and O–H groups in total. The Kier molecular flexibility index (Phi) is 5.71. The molecule has 0 amide bonds. The molecule has 0 atom stereocenters. The molecule has 1 saturated heterocycles. The highest BCUT2D eigenvalue weighted by molar-refractivity contribution is 7.88. The van der Waals surface area contributed by atoms with Crippen LogP contribution in [-0.2, 0) is 26.2 Å². The predicted octanol–water partition coefficient (Wildman–Crippen LogP) is 2.71. The van der Waals surface area contributed by atoms with E-state index in [4.69, 9.17) is 27.9 Å². The van der Waals surface area contributed by atoms with E-state index >= 15 is 0 Å². The largest absolute Gasteiger partial charge is 0.461 e. The average Bonchev–Trinajstić information content (AvgIpc) is 2.47. The number of nitrogens with zero attached hydrogens (tertiary/aromatic N) is 1. The number of piperidine rings is 1. The Labute approximate surface area is 140 Å². The zero-order valence-corrected chi connectivity index (χ0v) is 14.4. The summed E-state index contributed by atoms with van der Waals surface area (Å²) in [5.41, 5.74) is 0.760. The molecular weight excluding hydrogens is 349 g/mol. The SMILES string of the molecule is CS(=O)(=O)N1CCC(C(=O)OCc2ccc(Cl)c(Cl)c2)CC1. The molecule has 1 fully saturated rings.